The fourth-order valence-corrected chi connectivity index (χ4v) is 7.59. The highest BCUT2D eigenvalue weighted by molar-refractivity contribution is 7.26. The van der Waals surface area contributed by atoms with Crippen LogP contribution in [-0.2, 0) is 0 Å². The van der Waals surface area contributed by atoms with E-state index in [0.717, 1.165) is 0 Å². The number of thiophene rings is 1. The summed E-state index contributed by atoms with van der Waals surface area (Å²) < 4.78 is 2.75. The molecule has 3 aromatic carbocycles. The molecule has 0 fully saturated rings. The van der Waals surface area contributed by atoms with Gasteiger partial charge in [-0.05, 0) is 50.6 Å². The van der Waals surface area contributed by atoms with Gasteiger partial charge >= 0.3 is 0 Å². The molecular weight excluding hydrogens is 440 g/mol. The van der Waals surface area contributed by atoms with E-state index in [4.69, 9.17) is 0 Å². The number of hydrogen-bond donors (Lipinski definition) is 0. The largest absolute Gasteiger partial charge is 0.135 e. The van der Waals surface area contributed by atoms with Gasteiger partial charge in [0.15, 0.2) is 0 Å². The van der Waals surface area contributed by atoms with E-state index in [9.17, 15) is 0 Å². The van der Waals surface area contributed by atoms with Gasteiger partial charge in [0.1, 0.15) is 0 Å². The second kappa shape index (κ2) is 7.28. The molecule has 164 valence electrons. The Morgan fingerprint density at radius 3 is 2.29 bits per heavy atom. The van der Waals surface area contributed by atoms with Crippen molar-refractivity contribution in [3.05, 3.63) is 155 Å². The molecule has 0 aliphatic heterocycles. The lowest BCUT2D eigenvalue weighted by Crippen LogP contribution is -2.30. The van der Waals surface area contributed by atoms with Gasteiger partial charge in [-0.1, -0.05) is 115 Å². The average Bonchev–Trinajstić information content (AvgIpc) is 3.31. The average molecular weight is 463 g/mol. The van der Waals surface area contributed by atoms with Crippen LogP contribution in [-0.4, -0.2) is 0 Å². The predicted molar refractivity (Wildman–Crippen MR) is 150 cm³/mol. The third kappa shape index (κ3) is 2.73. The van der Waals surface area contributed by atoms with Crippen molar-refractivity contribution in [2.24, 2.45) is 11.8 Å². The van der Waals surface area contributed by atoms with Crippen molar-refractivity contribution in [2.75, 3.05) is 0 Å². The summed E-state index contributed by atoms with van der Waals surface area (Å²) in [6, 6.07) is 26.4. The smallest absolute Gasteiger partial charge is 0.0433 e. The topological polar surface area (TPSA) is 0 Å². The standard InChI is InChI=1S/C34H22S/c1-2-7-21(8-3-1)24-17-13-22-16-20-28-25(18-14-23-15-19-27(24)32(22)33(23)28)29-10-6-11-30-26-9-4-5-12-31(26)35-34(29)30/h1-20,32-33H. The van der Waals surface area contributed by atoms with Crippen molar-refractivity contribution < 1.29 is 0 Å². The molecule has 0 nitrogen and oxygen atoms in total. The zero-order valence-electron chi connectivity index (χ0n) is 19.1. The maximum absolute atomic E-state index is 2.39. The summed E-state index contributed by atoms with van der Waals surface area (Å²) >= 11 is 1.92. The molecule has 0 bridgehead atoms. The van der Waals surface area contributed by atoms with E-state index in [-0.39, 0.29) is 0 Å². The Morgan fingerprint density at radius 1 is 0.571 bits per heavy atom. The highest BCUT2D eigenvalue weighted by Crippen LogP contribution is 2.54. The van der Waals surface area contributed by atoms with Crippen LogP contribution in [0.25, 0.3) is 31.3 Å². The van der Waals surface area contributed by atoms with Crippen molar-refractivity contribution in [2.45, 2.75) is 0 Å². The molecule has 4 aliphatic rings. The van der Waals surface area contributed by atoms with Gasteiger partial charge in [0, 0.05) is 32.0 Å². The third-order valence-corrected chi connectivity index (χ3v) is 9.14. The van der Waals surface area contributed by atoms with Crippen LogP contribution in [0.15, 0.2) is 144 Å². The first-order valence-electron chi connectivity index (χ1n) is 12.3. The lowest BCUT2D eigenvalue weighted by molar-refractivity contribution is 0.569. The van der Waals surface area contributed by atoms with E-state index >= 15 is 0 Å². The zero-order chi connectivity index (χ0) is 22.9. The molecule has 1 aromatic heterocycles. The van der Waals surface area contributed by atoms with E-state index in [0.29, 0.717) is 11.8 Å². The second-order valence-electron chi connectivity index (χ2n) is 9.67. The molecule has 8 rings (SSSR count). The molecule has 0 amide bonds. The number of allylic oxidation sites excluding steroid dienone is 14. The number of rotatable bonds is 2. The van der Waals surface area contributed by atoms with Crippen LogP contribution in [0, 0.1) is 11.8 Å². The zero-order valence-corrected chi connectivity index (χ0v) is 19.9. The van der Waals surface area contributed by atoms with Crippen molar-refractivity contribution in [3.63, 3.8) is 0 Å². The highest BCUT2D eigenvalue weighted by Gasteiger charge is 2.40. The van der Waals surface area contributed by atoms with Crippen LogP contribution in [0.1, 0.15) is 11.1 Å². The highest BCUT2D eigenvalue weighted by atomic mass is 32.1. The van der Waals surface area contributed by atoms with E-state index in [2.05, 4.69) is 121 Å². The summed E-state index contributed by atoms with van der Waals surface area (Å²) in [7, 11) is 0. The Bertz CT molecular complexity index is 1780. The molecule has 0 saturated carbocycles. The molecule has 0 saturated heterocycles. The Labute approximate surface area is 208 Å². The Kier molecular flexibility index (Phi) is 4.03. The Hall–Kier alpha value is -3.94. The number of benzene rings is 3. The molecule has 1 heterocycles. The molecular formula is C34H22S. The normalized spacial score (nSPS) is 22.1. The van der Waals surface area contributed by atoms with Gasteiger partial charge in [-0.25, -0.2) is 0 Å². The molecule has 4 aromatic rings. The summed E-state index contributed by atoms with van der Waals surface area (Å²) in [5.41, 5.74) is 11.1. The van der Waals surface area contributed by atoms with Gasteiger partial charge in [0.25, 0.3) is 0 Å². The number of hydrogen-bond acceptors (Lipinski definition) is 1. The second-order valence-corrected chi connectivity index (χ2v) is 10.7. The fourth-order valence-electron chi connectivity index (χ4n) is 6.36. The van der Waals surface area contributed by atoms with Crippen LogP contribution in [0.4, 0.5) is 0 Å². The summed E-state index contributed by atoms with van der Waals surface area (Å²) in [5, 5.41) is 2.72. The van der Waals surface area contributed by atoms with Crippen LogP contribution in [0.5, 0.6) is 0 Å². The maximum Gasteiger partial charge on any atom is 0.0433 e. The SMILES string of the molecule is C1=CC2=C(c3ccccc3)C=CC3=CC=C4C(c5cccc6c5sc5ccccc56)=CC=C1C4C32. The van der Waals surface area contributed by atoms with Crippen LogP contribution in [0.2, 0.25) is 0 Å². The van der Waals surface area contributed by atoms with Gasteiger partial charge in [0.2, 0.25) is 0 Å². The van der Waals surface area contributed by atoms with E-state index < -0.39 is 0 Å². The summed E-state index contributed by atoms with van der Waals surface area (Å²) in [6.07, 6.45) is 18.8. The molecule has 2 atom stereocenters. The van der Waals surface area contributed by atoms with Crippen molar-refractivity contribution >= 4 is 42.7 Å². The minimum Gasteiger partial charge on any atom is -0.135 e. The third-order valence-electron chi connectivity index (χ3n) is 7.92. The molecule has 2 unspecified atom stereocenters. The van der Waals surface area contributed by atoms with Crippen molar-refractivity contribution in [1.82, 2.24) is 0 Å². The molecule has 4 aliphatic carbocycles. The number of fused-ring (bicyclic) bond motifs is 3. The van der Waals surface area contributed by atoms with Gasteiger partial charge in [0.05, 0.1) is 0 Å². The van der Waals surface area contributed by atoms with Gasteiger partial charge in [-0.3, -0.25) is 0 Å². The van der Waals surface area contributed by atoms with Gasteiger partial charge in [-0.2, -0.15) is 0 Å². The monoisotopic (exact) mass is 462 g/mol. The lowest BCUT2D eigenvalue weighted by Gasteiger charge is -2.42. The molecule has 0 N–H and O–H groups in total. The lowest BCUT2D eigenvalue weighted by atomic mass is 9.61. The molecule has 35 heavy (non-hydrogen) atoms. The van der Waals surface area contributed by atoms with Crippen LogP contribution >= 0.6 is 11.3 Å². The summed E-state index contributed by atoms with van der Waals surface area (Å²) in [4.78, 5) is 0. The van der Waals surface area contributed by atoms with Crippen LogP contribution in [0.3, 0.4) is 0 Å². The predicted octanol–water partition coefficient (Wildman–Crippen LogP) is 9.07. The minimum atomic E-state index is 0.364. The van der Waals surface area contributed by atoms with Gasteiger partial charge < -0.3 is 0 Å². The summed E-state index contributed by atoms with van der Waals surface area (Å²) in [5.74, 6) is 0.736. The Balaban J connectivity index is 1.33. The van der Waals surface area contributed by atoms with Crippen molar-refractivity contribution in [3.8, 4) is 0 Å². The van der Waals surface area contributed by atoms with Crippen molar-refractivity contribution in [1.29, 1.82) is 0 Å². The quantitative estimate of drug-likeness (QED) is 0.279. The summed E-state index contributed by atoms with van der Waals surface area (Å²) in [6.45, 7) is 0. The van der Waals surface area contributed by atoms with Crippen LogP contribution < -0.4 is 0 Å². The maximum atomic E-state index is 2.39. The van der Waals surface area contributed by atoms with E-state index in [1.165, 1.54) is 64.7 Å². The van der Waals surface area contributed by atoms with Gasteiger partial charge in [-0.15, -0.1) is 11.3 Å². The molecule has 0 spiro atoms. The fraction of sp³-hybridized carbons (Fsp3) is 0.0588. The first kappa shape index (κ1) is 19.4. The van der Waals surface area contributed by atoms with E-state index in [1.54, 1.807) is 0 Å². The first-order valence-corrected chi connectivity index (χ1v) is 13.1. The Morgan fingerprint density at radius 2 is 1.34 bits per heavy atom. The van der Waals surface area contributed by atoms with E-state index in [1.807, 2.05) is 11.3 Å². The molecule has 0 radical (unpaired) electrons. The first-order chi connectivity index (χ1) is 17.4. The minimum absolute atomic E-state index is 0.364. The molecule has 1 heteroatoms.